The predicted molar refractivity (Wildman–Crippen MR) is 74.1 cm³/mol. The normalized spacial score (nSPS) is 11.0. The first-order chi connectivity index (χ1) is 9.06. The number of nitrogens with zero attached hydrogens (tertiary/aromatic N) is 2. The number of hydrogen-bond acceptors (Lipinski definition) is 4. The molecule has 0 spiro atoms. The number of aromatic nitrogens is 2. The zero-order chi connectivity index (χ0) is 14.3. The van der Waals surface area contributed by atoms with E-state index in [1.54, 1.807) is 6.20 Å². The van der Waals surface area contributed by atoms with E-state index < -0.39 is 0 Å². The summed E-state index contributed by atoms with van der Waals surface area (Å²) >= 11 is 0. The van der Waals surface area contributed by atoms with Crippen LogP contribution in [-0.2, 0) is 11.3 Å². The lowest BCUT2D eigenvalue weighted by Gasteiger charge is -2.08. The largest absolute Gasteiger partial charge is 0.377 e. The van der Waals surface area contributed by atoms with Gasteiger partial charge in [-0.2, -0.15) is 5.10 Å². The first-order valence-corrected chi connectivity index (χ1v) is 6.68. The number of nitrogens with one attached hydrogen (secondary N) is 1. The molecule has 0 aromatic carbocycles. The standard InChI is InChI=1S/C13H24N4O2/c1-10(2)19-8-6-15-13(18)12-9-16-17(11(12)3)7-4-5-14/h9-10H,4-8,14H2,1-3H3,(H,15,18). The number of rotatable bonds is 8. The van der Waals surface area contributed by atoms with Gasteiger partial charge < -0.3 is 15.8 Å². The summed E-state index contributed by atoms with van der Waals surface area (Å²) in [6, 6.07) is 0. The maximum absolute atomic E-state index is 12.0. The van der Waals surface area contributed by atoms with Gasteiger partial charge in [0.05, 0.1) is 24.5 Å². The molecule has 19 heavy (non-hydrogen) atoms. The topological polar surface area (TPSA) is 82.2 Å². The van der Waals surface area contributed by atoms with Gasteiger partial charge in [0.1, 0.15) is 0 Å². The number of ether oxygens (including phenoxy) is 1. The fourth-order valence-electron chi connectivity index (χ4n) is 1.69. The third kappa shape index (κ3) is 5.00. The lowest BCUT2D eigenvalue weighted by molar-refractivity contribution is 0.0746. The summed E-state index contributed by atoms with van der Waals surface area (Å²) in [5.41, 5.74) is 6.95. The van der Waals surface area contributed by atoms with Crippen LogP contribution in [0.2, 0.25) is 0 Å². The van der Waals surface area contributed by atoms with Crippen LogP contribution < -0.4 is 11.1 Å². The quantitative estimate of drug-likeness (QED) is 0.680. The first kappa shape index (κ1) is 15.7. The Hall–Kier alpha value is -1.40. The molecule has 108 valence electrons. The SMILES string of the molecule is Cc1c(C(=O)NCCOC(C)C)cnn1CCCN. The van der Waals surface area contributed by atoms with Crippen LogP contribution >= 0.6 is 0 Å². The molecule has 0 bridgehead atoms. The second kappa shape index (κ2) is 7.91. The van der Waals surface area contributed by atoms with E-state index in [0.29, 0.717) is 25.3 Å². The highest BCUT2D eigenvalue weighted by Gasteiger charge is 2.13. The molecule has 0 radical (unpaired) electrons. The minimum atomic E-state index is -0.108. The van der Waals surface area contributed by atoms with E-state index in [2.05, 4.69) is 10.4 Å². The van der Waals surface area contributed by atoms with Gasteiger partial charge in [-0.05, 0) is 33.7 Å². The predicted octanol–water partition coefficient (Wildman–Crippen LogP) is 0.695. The van der Waals surface area contributed by atoms with Crippen molar-refractivity contribution in [3.05, 3.63) is 17.5 Å². The second-order valence-electron chi connectivity index (χ2n) is 4.68. The van der Waals surface area contributed by atoms with Crippen LogP contribution in [0.15, 0.2) is 6.20 Å². The molecule has 0 aliphatic rings. The lowest BCUT2D eigenvalue weighted by atomic mass is 10.2. The Morgan fingerprint density at radius 2 is 2.32 bits per heavy atom. The summed E-state index contributed by atoms with van der Waals surface area (Å²) in [4.78, 5) is 12.0. The Morgan fingerprint density at radius 1 is 1.58 bits per heavy atom. The molecule has 0 atom stereocenters. The van der Waals surface area contributed by atoms with Gasteiger partial charge in [-0.3, -0.25) is 9.48 Å². The zero-order valence-corrected chi connectivity index (χ0v) is 12.0. The van der Waals surface area contributed by atoms with Gasteiger partial charge in [0.2, 0.25) is 0 Å². The van der Waals surface area contributed by atoms with Gasteiger partial charge in [0.15, 0.2) is 0 Å². The van der Waals surface area contributed by atoms with E-state index in [-0.39, 0.29) is 12.0 Å². The molecular formula is C13H24N4O2. The number of carbonyl (C=O) groups excluding carboxylic acids is 1. The van der Waals surface area contributed by atoms with Crippen LogP contribution in [0.5, 0.6) is 0 Å². The molecule has 1 rings (SSSR count). The summed E-state index contributed by atoms with van der Waals surface area (Å²) in [6.45, 7) is 8.21. The summed E-state index contributed by atoms with van der Waals surface area (Å²) in [5.74, 6) is -0.108. The van der Waals surface area contributed by atoms with E-state index in [4.69, 9.17) is 10.5 Å². The molecule has 0 aliphatic heterocycles. The molecule has 3 N–H and O–H groups in total. The van der Waals surface area contributed by atoms with Gasteiger partial charge >= 0.3 is 0 Å². The molecule has 0 saturated heterocycles. The van der Waals surface area contributed by atoms with Crippen molar-refractivity contribution in [3.8, 4) is 0 Å². The van der Waals surface area contributed by atoms with Crippen molar-refractivity contribution in [2.24, 2.45) is 5.73 Å². The van der Waals surface area contributed by atoms with Crippen molar-refractivity contribution < 1.29 is 9.53 Å². The Morgan fingerprint density at radius 3 is 2.95 bits per heavy atom. The van der Waals surface area contributed by atoms with Gasteiger partial charge in [-0.15, -0.1) is 0 Å². The molecule has 0 fully saturated rings. The molecule has 6 heteroatoms. The summed E-state index contributed by atoms with van der Waals surface area (Å²) in [6.07, 6.45) is 2.63. The monoisotopic (exact) mass is 268 g/mol. The number of aryl methyl sites for hydroxylation is 1. The van der Waals surface area contributed by atoms with Crippen molar-refractivity contribution in [2.45, 2.75) is 39.8 Å². The highest BCUT2D eigenvalue weighted by Crippen LogP contribution is 2.07. The second-order valence-corrected chi connectivity index (χ2v) is 4.68. The number of hydrogen-bond donors (Lipinski definition) is 2. The first-order valence-electron chi connectivity index (χ1n) is 6.68. The molecule has 0 saturated carbocycles. The molecule has 6 nitrogen and oxygen atoms in total. The summed E-state index contributed by atoms with van der Waals surface area (Å²) in [7, 11) is 0. The smallest absolute Gasteiger partial charge is 0.254 e. The van der Waals surface area contributed by atoms with Gasteiger partial charge in [0.25, 0.3) is 5.91 Å². The Kier molecular flexibility index (Phi) is 6.52. The van der Waals surface area contributed by atoms with Crippen LogP contribution in [0.1, 0.15) is 36.3 Å². The molecule has 0 unspecified atom stereocenters. The van der Waals surface area contributed by atoms with Gasteiger partial charge in [-0.1, -0.05) is 0 Å². The Labute approximate surface area is 114 Å². The van der Waals surface area contributed by atoms with Gasteiger partial charge in [0, 0.05) is 18.8 Å². The Bertz CT molecular complexity index is 401. The van der Waals surface area contributed by atoms with Crippen molar-refractivity contribution in [3.63, 3.8) is 0 Å². The molecule has 1 aromatic rings. The fraction of sp³-hybridized carbons (Fsp3) is 0.692. The number of carbonyl (C=O) groups is 1. The highest BCUT2D eigenvalue weighted by atomic mass is 16.5. The van der Waals surface area contributed by atoms with Crippen LogP contribution in [-0.4, -0.2) is 41.5 Å². The van der Waals surface area contributed by atoms with Crippen molar-refractivity contribution >= 4 is 5.91 Å². The third-order valence-electron chi connectivity index (χ3n) is 2.76. The van der Waals surface area contributed by atoms with E-state index >= 15 is 0 Å². The zero-order valence-electron chi connectivity index (χ0n) is 12.0. The third-order valence-corrected chi connectivity index (χ3v) is 2.76. The highest BCUT2D eigenvalue weighted by molar-refractivity contribution is 5.94. The van der Waals surface area contributed by atoms with Crippen LogP contribution in [0, 0.1) is 6.92 Å². The Balaban J connectivity index is 2.46. The molecule has 1 aromatic heterocycles. The van der Waals surface area contributed by atoms with E-state index in [9.17, 15) is 4.79 Å². The van der Waals surface area contributed by atoms with E-state index in [0.717, 1.165) is 18.7 Å². The maximum Gasteiger partial charge on any atom is 0.254 e. The molecular weight excluding hydrogens is 244 g/mol. The van der Waals surface area contributed by atoms with Crippen molar-refractivity contribution in [1.29, 1.82) is 0 Å². The average Bonchev–Trinajstić information content (AvgIpc) is 2.73. The van der Waals surface area contributed by atoms with Crippen molar-refractivity contribution in [1.82, 2.24) is 15.1 Å². The van der Waals surface area contributed by atoms with Crippen LogP contribution in [0.25, 0.3) is 0 Å². The minimum Gasteiger partial charge on any atom is -0.377 e. The van der Waals surface area contributed by atoms with Crippen molar-refractivity contribution in [2.75, 3.05) is 19.7 Å². The van der Waals surface area contributed by atoms with Crippen LogP contribution in [0.4, 0.5) is 0 Å². The van der Waals surface area contributed by atoms with E-state index in [1.165, 1.54) is 0 Å². The van der Waals surface area contributed by atoms with E-state index in [1.807, 2.05) is 25.5 Å². The molecule has 0 aliphatic carbocycles. The summed E-state index contributed by atoms with van der Waals surface area (Å²) < 4.78 is 7.18. The maximum atomic E-state index is 12.0. The van der Waals surface area contributed by atoms with Gasteiger partial charge in [-0.25, -0.2) is 0 Å². The molecule has 1 heterocycles. The fourth-order valence-corrected chi connectivity index (χ4v) is 1.69. The minimum absolute atomic E-state index is 0.108. The number of nitrogens with two attached hydrogens (primary N) is 1. The average molecular weight is 268 g/mol. The number of amides is 1. The van der Waals surface area contributed by atoms with Crippen LogP contribution in [0.3, 0.4) is 0 Å². The summed E-state index contributed by atoms with van der Waals surface area (Å²) in [5, 5.41) is 7.02. The lowest BCUT2D eigenvalue weighted by Crippen LogP contribution is -2.28. The molecule has 1 amide bonds.